The molecule has 0 aliphatic carbocycles. The summed E-state index contributed by atoms with van der Waals surface area (Å²) in [5.74, 6) is 1.62. The molecule has 1 atom stereocenters. The fourth-order valence-electron chi connectivity index (χ4n) is 3.46. The van der Waals surface area contributed by atoms with Gasteiger partial charge in [0.1, 0.15) is 16.8 Å². The first-order chi connectivity index (χ1) is 14.2. The Morgan fingerprint density at radius 2 is 1.97 bits per heavy atom. The Morgan fingerprint density at radius 3 is 2.79 bits per heavy atom. The molecular formula is C22H24N4O2S. The highest BCUT2D eigenvalue weighted by atomic mass is 32.2. The van der Waals surface area contributed by atoms with Crippen LogP contribution in [0.1, 0.15) is 35.9 Å². The number of aromatic nitrogens is 3. The van der Waals surface area contributed by atoms with Gasteiger partial charge in [0.2, 0.25) is 5.91 Å². The van der Waals surface area contributed by atoms with Crippen molar-refractivity contribution in [3.63, 3.8) is 0 Å². The maximum atomic E-state index is 13.2. The smallest absolute Gasteiger partial charge is 0.242 e. The standard InChI is InChI=1S/C22H24N4O2S/c1-28-18-12-8-11-17(15-18)23-21(27)20(16-9-4-2-5-10-16)29-22-25-24-19-13-6-3-7-14-26(19)22/h2,4-5,8-12,15,20H,3,6-7,13-14H2,1H3,(H,23,27)/t20-/m1/s1. The van der Waals surface area contributed by atoms with E-state index < -0.39 is 5.25 Å². The molecule has 3 aromatic rings. The Bertz CT molecular complexity index is 974. The van der Waals surface area contributed by atoms with Crippen LogP contribution in [0.3, 0.4) is 0 Å². The van der Waals surface area contributed by atoms with Crippen molar-refractivity contribution in [1.82, 2.24) is 14.8 Å². The van der Waals surface area contributed by atoms with Gasteiger partial charge in [-0.15, -0.1) is 10.2 Å². The number of benzene rings is 2. The van der Waals surface area contributed by atoms with E-state index in [2.05, 4.69) is 20.1 Å². The lowest BCUT2D eigenvalue weighted by molar-refractivity contribution is -0.115. The number of anilines is 1. The third kappa shape index (κ3) is 4.62. The van der Waals surface area contributed by atoms with Crippen molar-refractivity contribution in [2.45, 2.75) is 42.6 Å². The molecule has 7 heteroatoms. The summed E-state index contributed by atoms with van der Waals surface area (Å²) >= 11 is 1.46. The van der Waals surface area contributed by atoms with E-state index in [-0.39, 0.29) is 5.91 Å². The highest BCUT2D eigenvalue weighted by Crippen LogP contribution is 2.36. The van der Waals surface area contributed by atoms with E-state index in [1.807, 2.05) is 54.6 Å². The molecule has 1 amide bonds. The molecule has 2 heterocycles. The number of rotatable bonds is 6. The number of methoxy groups -OCH3 is 1. The maximum Gasteiger partial charge on any atom is 0.242 e. The van der Waals surface area contributed by atoms with Gasteiger partial charge in [0.15, 0.2) is 5.16 Å². The first kappa shape index (κ1) is 19.5. The minimum atomic E-state index is -0.432. The second-order valence-electron chi connectivity index (χ2n) is 6.99. The summed E-state index contributed by atoms with van der Waals surface area (Å²) in [6, 6.07) is 17.2. The maximum absolute atomic E-state index is 13.2. The van der Waals surface area contributed by atoms with E-state index in [0.29, 0.717) is 11.4 Å². The average molecular weight is 409 g/mol. The van der Waals surface area contributed by atoms with E-state index in [9.17, 15) is 4.79 Å². The molecule has 1 aliphatic rings. The van der Waals surface area contributed by atoms with E-state index in [1.54, 1.807) is 7.11 Å². The molecule has 0 radical (unpaired) electrons. The summed E-state index contributed by atoms with van der Waals surface area (Å²) in [4.78, 5) is 13.2. The van der Waals surface area contributed by atoms with Crippen LogP contribution in [-0.4, -0.2) is 27.8 Å². The number of nitrogens with one attached hydrogen (secondary N) is 1. The first-order valence-electron chi connectivity index (χ1n) is 9.83. The number of carbonyl (C=O) groups excluding carboxylic acids is 1. The highest BCUT2D eigenvalue weighted by Gasteiger charge is 2.26. The predicted octanol–water partition coefficient (Wildman–Crippen LogP) is 4.49. The number of nitrogens with zero attached hydrogens (tertiary/aromatic N) is 3. The molecule has 2 aromatic carbocycles. The summed E-state index contributed by atoms with van der Waals surface area (Å²) in [6.07, 6.45) is 4.40. The van der Waals surface area contributed by atoms with Crippen LogP contribution in [0.5, 0.6) is 5.75 Å². The number of amides is 1. The Hall–Kier alpha value is -2.80. The number of ether oxygens (including phenoxy) is 1. The molecule has 4 rings (SSSR count). The quantitative estimate of drug-likeness (QED) is 0.609. The van der Waals surface area contributed by atoms with E-state index in [0.717, 1.165) is 42.4 Å². The van der Waals surface area contributed by atoms with Crippen LogP contribution in [0.15, 0.2) is 59.8 Å². The fourth-order valence-corrected chi connectivity index (χ4v) is 4.54. The third-order valence-corrected chi connectivity index (χ3v) is 6.21. The van der Waals surface area contributed by atoms with E-state index in [4.69, 9.17) is 4.74 Å². The van der Waals surface area contributed by atoms with Gasteiger partial charge in [0.05, 0.1) is 7.11 Å². The number of fused-ring (bicyclic) bond motifs is 1. The molecule has 0 bridgehead atoms. The van der Waals surface area contributed by atoms with Gasteiger partial charge in [-0.1, -0.05) is 54.6 Å². The minimum absolute atomic E-state index is 0.0968. The normalized spacial score (nSPS) is 14.5. The van der Waals surface area contributed by atoms with Crippen molar-refractivity contribution in [2.75, 3.05) is 12.4 Å². The van der Waals surface area contributed by atoms with Crippen molar-refractivity contribution in [3.05, 3.63) is 66.0 Å². The zero-order valence-corrected chi connectivity index (χ0v) is 17.2. The molecule has 0 saturated heterocycles. The second-order valence-corrected chi connectivity index (χ2v) is 8.06. The molecule has 1 aliphatic heterocycles. The molecule has 0 fully saturated rings. The summed E-state index contributed by atoms with van der Waals surface area (Å²) in [5.41, 5.74) is 1.64. The van der Waals surface area contributed by atoms with Gasteiger partial charge >= 0.3 is 0 Å². The lowest BCUT2D eigenvalue weighted by atomic mass is 10.1. The lowest BCUT2D eigenvalue weighted by Gasteiger charge is -2.17. The van der Waals surface area contributed by atoms with Crippen molar-refractivity contribution in [1.29, 1.82) is 0 Å². The van der Waals surface area contributed by atoms with Gasteiger partial charge in [0.25, 0.3) is 0 Å². The zero-order valence-electron chi connectivity index (χ0n) is 16.4. The summed E-state index contributed by atoms with van der Waals surface area (Å²) in [6.45, 7) is 0.906. The molecule has 29 heavy (non-hydrogen) atoms. The number of hydrogen-bond acceptors (Lipinski definition) is 5. The Kier molecular flexibility index (Phi) is 6.14. The van der Waals surface area contributed by atoms with Gasteiger partial charge in [-0.25, -0.2) is 0 Å². The minimum Gasteiger partial charge on any atom is -0.497 e. The van der Waals surface area contributed by atoms with Crippen molar-refractivity contribution in [2.24, 2.45) is 0 Å². The van der Waals surface area contributed by atoms with Crippen LogP contribution >= 0.6 is 11.8 Å². The van der Waals surface area contributed by atoms with Crippen LogP contribution < -0.4 is 10.1 Å². The second kappa shape index (κ2) is 9.13. The molecule has 0 spiro atoms. The highest BCUT2D eigenvalue weighted by molar-refractivity contribution is 8.00. The molecule has 0 saturated carbocycles. The molecular weight excluding hydrogens is 384 g/mol. The zero-order chi connectivity index (χ0) is 20.1. The van der Waals surface area contributed by atoms with Crippen LogP contribution in [0.4, 0.5) is 5.69 Å². The van der Waals surface area contributed by atoms with Gasteiger partial charge < -0.3 is 14.6 Å². The summed E-state index contributed by atoms with van der Waals surface area (Å²) in [7, 11) is 1.61. The molecule has 6 nitrogen and oxygen atoms in total. The number of thioether (sulfide) groups is 1. The van der Waals surface area contributed by atoms with Crippen molar-refractivity contribution < 1.29 is 9.53 Å². The molecule has 1 aromatic heterocycles. The van der Waals surface area contributed by atoms with E-state index >= 15 is 0 Å². The van der Waals surface area contributed by atoms with Crippen LogP contribution in [-0.2, 0) is 17.8 Å². The summed E-state index contributed by atoms with van der Waals surface area (Å²) in [5, 5.41) is 12.2. The van der Waals surface area contributed by atoms with Gasteiger partial charge in [-0.3, -0.25) is 4.79 Å². The largest absolute Gasteiger partial charge is 0.497 e. The SMILES string of the molecule is COc1cccc(NC(=O)[C@H](Sc2nnc3n2CCCCC3)c2ccccc2)c1. The Labute approximate surface area is 174 Å². The monoisotopic (exact) mass is 408 g/mol. The number of hydrogen-bond donors (Lipinski definition) is 1. The Balaban J connectivity index is 1.60. The van der Waals surface area contributed by atoms with Crippen molar-refractivity contribution >= 4 is 23.4 Å². The topological polar surface area (TPSA) is 69.0 Å². The average Bonchev–Trinajstić information content (AvgIpc) is 2.98. The van der Waals surface area contributed by atoms with E-state index in [1.165, 1.54) is 18.2 Å². The molecule has 1 N–H and O–H groups in total. The van der Waals surface area contributed by atoms with Gasteiger partial charge in [-0.05, 0) is 30.5 Å². The van der Waals surface area contributed by atoms with Crippen molar-refractivity contribution in [3.8, 4) is 5.75 Å². The molecule has 0 unspecified atom stereocenters. The van der Waals surface area contributed by atoms with Crippen LogP contribution in [0, 0.1) is 0 Å². The predicted molar refractivity (Wildman–Crippen MR) is 114 cm³/mol. The van der Waals surface area contributed by atoms with Gasteiger partial charge in [0, 0.05) is 24.7 Å². The Morgan fingerprint density at radius 1 is 1.10 bits per heavy atom. The van der Waals surface area contributed by atoms with Crippen LogP contribution in [0.25, 0.3) is 0 Å². The number of aryl methyl sites for hydroxylation is 1. The molecule has 150 valence electrons. The fraction of sp³-hybridized carbons (Fsp3) is 0.318. The third-order valence-electron chi connectivity index (χ3n) is 4.98. The lowest BCUT2D eigenvalue weighted by Crippen LogP contribution is -2.19. The number of carbonyl (C=O) groups is 1. The van der Waals surface area contributed by atoms with Gasteiger partial charge in [-0.2, -0.15) is 0 Å². The van der Waals surface area contributed by atoms with Crippen LogP contribution in [0.2, 0.25) is 0 Å². The first-order valence-corrected chi connectivity index (χ1v) is 10.7. The summed E-state index contributed by atoms with van der Waals surface area (Å²) < 4.78 is 7.44.